The second-order valence-electron chi connectivity index (χ2n) is 7.13. The third-order valence-corrected chi connectivity index (χ3v) is 5.24. The summed E-state index contributed by atoms with van der Waals surface area (Å²) < 4.78 is 15.0. The van der Waals surface area contributed by atoms with Crippen molar-refractivity contribution in [3.63, 3.8) is 0 Å². The molecule has 0 saturated carbocycles. The van der Waals surface area contributed by atoms with E-state index in [2.05, 4.69) is 5.10 Å². The third kappa shape index (κ3) is 3.48. The highest BCUT2D eigenvalue weighted by Crippen LogP contribution is 2.22. The number of methoxy groups -OCH3 is 1. The molecule has 0 aliphatic rings. The molecule has 4 aromatic rings. The predicted octanol–water partition coefficient (Wildman–Crippen LogP) is 2.20. The molecule has 0 amide bonds. The minimum Gasteiger partial charge on any atom is -0.496 e. The van der Waals surface area contributed by atoms with Crippen LogP contribution in [0.25, 0.3) is 11.0 Å². The van der Waals surface area contributed by atoms with Crippen molar-refractivity contribution >= 4 is 17.3 Å². The summed E-state index contributed by atoms with van der Waals surface area (Å²) in [5, 5.41) is 4.46. The number of rotatable bonds is 7. The van der Waals surface area contributed by atoms with Gasteiger partial charge in [-0.1, -0.05) is 0 Å². The summed E-state index contributed by atoms with van der Waals surface area (Å²) in [5.74, 6) is 1.03. The molecule has 0 aliphatic carbocycles. The molecule has 0 radical (unpaired) electrons. The fourth-order valence-corrected chi connectivity index (χ4v) is 3.80. The number of fused-ring (bicyclic) bond motifs is 1. The maximum absolute atomic E-state index is 13.5. The highest BCUT2D eigenvalue weighted by atomic mass is 16.5. The number of aldehydes is 1. The van der Waals surface area contributed by atoms with Crippen LogP contribution in [0, 0.1) is 6.92 Å². The summed E-state index contributed by atoms with van der Waals surface area (Å²) in [6.45, 7) is 4.23. The predicted molar refractivity (Wildman–Crippen MR) is 114 cm³/mol. The molecule has 0 saturated heterocycles. The van der Waals surface area contributed by atoms with E-state index in [4.69, 9.17) is 9.15 Å². The molecular formula is C22H22N4O5. The van der Waals surface area contributed by atoms with Crippen LogP contribution in [-0.2, 0) is 19.6 Å². The SMILES string of the molecule is CCn1nc(C)c2c1c(=O)n(Cc1ccco1)c(=O)n2Cc1cc(C=O)ccc1OC. The van der Waals surface area contributed by atoms with Crippen LogP contribution in [0.5, 0.6) is 5.75 Å². The molecule has 1 aromatic carbocycles. The number of nitrogens with zero attached hydrogens (tertiary/aromatic N) is 4. The Morgan fingerprint density at radius 1 is 1.13 bits per heavy atom. The van der Waals surface area contributed by atoms with Crippen LogP contribution in [0.2, 0.25) is 0 Å². The Morgan fingerprint density at radius 2 is 1.94 bits per heavy atom. The Kier molecular flexibility index (Phi) is 5.33. The van der Waals surface area contributed by atoms with Crippen molar-refractivity contribution in [3.8, 4) is 5.75 Å². The Balaban J connectivity index is 2.00. The van der Waals surface area contributed by atoms with Gasteiger partial charge in [0.15, 0.2) is 5.52 Å². The van der Waals surface area contributed by atoms with Crippen LogP contribution in [0.4, 0.5) is 0 Å². The molecular weight excluding hydrogens is 400 g/mol. The van der Waals surface area contributed by atoms with E-state index >= 15 is 0 Å². The summed E-state index contributed by atoms with van der Waals surface area (Å²) in [7, 11) is 1.52. The molecule has 0 unspecified atom stereocenters. The second kappa shape index (κ2) is 8.10. The number of furan rings is 1. The van der Waals surface area contributed by atoms with Gasteiger partial charge in [0.2, 0.25) is 0 Å². The van der Waals surface area contributed by atoms with E-state index in [-0.39, 0.29) is 13.1 Å². The van der Waals surface area contributed by atoms with Crippen LogP contribution in [-0.4, -0.2) is 32.3 Å². The van der Waals surface area contributed by atoms with Gasteiger partial charge >= 0.3 is 5.69 Å². The lowest BCUT2D eigenvalue weighted by molar-refractivity contribution is 0.112. The van der Waals surface area contributed by atoms with E-state index in [1.807, 2.05) is 6.92 Å². The number of aromatic nitrogens is 4. The minimum atomic E-state index is -0.494. The van der Waals surface area contributed by atoms with Crippen LogP contribution in [0.3, 0.4) is 0 Å². The van der Waals surface area contributed by atoms with Crippen molar-refractivity contribution in [1.29, 1.82) is 0 Å². The van der Waals surface area contributed by atoms with Crippen molar-refractivity contribution in [2.24, 2.45) is 0 Å². The Bertz CT molecular complexity index is 1380. The molecule has 0 bridgehead atoms. The van der Waals surface area contributed by atoms with Crippen molar-refractivity contribution in [3.05, 3.63) is 80.0 Å². The molecule has 0 N–H and O–H groups in total. The normalized spacial score (nSPS) is 11.2. The van der Waals surface area contributed by atoms with Crippen LogP contribution >= 0.6 is 0 Å². The lowest BCUT2D eigenvalue weighted by Crippen LogP contribution is -2.41. The first-order chi connectivity index (χ1) is 15.0. The van der Waals surface area contributed by atoms with Gasteiger partial charge in [0.05, 0.1) is 37.7 Å². The van der Waals surface area contributed by atoms with Crippen molar-refractivity contribution in [2.45, 2.75) is 33.5 Å². The molecule has 0 fully saturated rings. The van der Waals surface area contributed by atoms with Crippen LogP contribution < -0.4 is 16.0 Å². The quantitative estimate of drug-likeness (QED) is 0.423. The molecule has 31 heavy (non-hydrogen) atoms. The van der Waals surface area contributed by atoms with Crippen molar-refractivity contribution in [2.75, 3.05) is 7.11 Å². The minimum absolute atomic E-state index is 0.0000605. The van der Waals surface area contributed by atoms with Crippen LogP contribution in [0.1, 0.15) is 34.3 Å². The first-order valence-electron chi connectivity index (χ1n) is 9.83. The van der Waals surface area contributed by atoms with E-state index in [9.17, 15) is 14.4 Å². The van der Waals surface area contributed by atoms with Crippen molar-refractivity contribution < 1.29 is 13.9 Å². The number of hydrogen-bond donors (Lipinski definition) is 0. The molecule has 3 aromatic heterocycles. The van der Waals surface area contributed by atoms with Gasteiger partial charge in [0, 0.05) is 17.7 Å². The third-order valence-electron chi connectivity index (χ3n) is 5.24. The maximum atomic E-state index is 13.5. The average Bonchev–Trinajstić information content (AvgIpc) is 3.41. The average molecular weight is 422 g/mol. The highest BCUT2D eigenvalue weighted by molar-refractivity contribution is 5.78. The van der Waals surface area contributed by atoms with Gasteiger partial charge in [-0.25, -0.2) is 4.79 Å². The number of hydrogen-bond acceptors (Lipinski definition) is 6. The van der Waals surface area contributed by atoms with E-state index < -0.39 is 11.2 Å². The smallest absolute Gasteiger partial charge is 0.332 e. The number of ether oxygens (including phenoxy) is 1. The molecule has 160 valence electrons. The summed E-state index contributed by atoms with van der Waals surface area (Å²) in [6.07, 6.45) is 2.23. The van der Waals surface area contributed by atoms with Gasteiger partial charge in [-0.05, 0) is 44.2 Å². The van der Waals surface area contributed by atoms with Gasteiger partial charge in [0.25, 0.3) is 5.56 Å². The molecule has 0 atom stereocenters. The van der Waals surface area contributed by atoms with Gasteiger partial charge in [0.1, 0.15) is 17.8 Å². The fraction of sp³-hybridized carbons (Fsp3) is 0.273. The van der Waals surface area contributed by atoms with Gasteiger partial charge in [-0.2, -0.15) is 5.10 Å². The summed E-state index contributed by atoms with van der Waals surface area (Å²) in [4.78, 5) is 38.0. The summed E-state index contributed by atoms with van der Waals surface area (Å²) >= 11 is 0. The largest absolute Gasteiger partial charge is 0.496 e. The molecule has 9 heteroatoms. The van der Waals surface area contributed by atoms with E-state index in [0.29, 0.717) is 45.9 Å². The topological polar surface area (TPSA) is 101 Å². The summed E-state index contributed by atoms with van der Waals surface area (Å²) in [6, 6.07) is 8.41. The lowest BCUT2D eigenvalue weighted by Gasteiger charge is -2.15. The molecule has 0 spiro atoms. The number of carbonyl (C=O) groups is 1. The fourth-order valence-electron chi connectivity index (χ4n) is 3.80. The molecule has 4 rings (SSSR count). The summed E-state index contributed by atoms with van der Waals surface area (Å²) in [5.41, 5.74) is 1.56. The highest BCUT2D eigenvalue weighted by Gasteiger charge is 2.21. The molecule has 0 aliphatic heterocycles. The zero-order valence-electron chi connectivity index (χ0n) is 17.5. The monoisotopic (exact) mass is 422 g/mol. The first-order valence-corrected chi connectivity index (χ1v) is 9.83. The van der Waals surface area contributed by atoms with E-state index in [0.717, 1.165) is 10.9 Å². The van der Waals surface area contributed by atoms with E-state index in [1.165, 1.54) is 17.9 Å². The first kappa shape index (κ1) is 20.4. The standard InChI is InChI=1S/C22H22N4O5/c1-4-26-20-19(14(2)23-26)24(11-16-10-15(13-27)7-8-18(16)30-3)22(29)25(21(20)28)12-17-6-5-9-31-17/h5-10,13H,4,11-12H2,1-3H3. The second-order valence-corrected chi connectivity index (χ2v) is 7.13. The van der Waals surface area contributed by atoms with Crippen LogP contribution in [0.15, 0.2) is 50.6 Å². The van der Waals surface area contributed by atoms with Gasteiger partial charge in [-0.15, -0.1) is 0 Å². The van der Waals surface area contributed by atoms with Crippen molar-refractivity contribution in [1.82, 2.24) is 18.9 Å². The zero-order chi connectivity index (χ0) is 22.1. The Hall–Kier alpha value is -3.88. The van der Waals surface area contributed by atoms with Gasteiger partial charge in [-0.3, -0.25) is 23.4 Å². The number of benzene rings is 1. The lowest BCUT2D eigenvalue weighted by atomic mass is 10.1. The Morgan fingerprint density at radius 3 is 2.58 bits per heavy atom. The number of aryl methyl sites for hydroxylation is 2. The van der Waals surface area contributed by atoms with Gasteiger partial charge < -0.3 is 9.15 Å². The van der Waals surface area contributed by atoms with E-state index in [1.54, 1.807) is 41.9 Å². The molecule has 3 heterocycles. The maximum Gasteiger partial charge on any atom is 0.332 e. The zero-order valence-corrected chi connectivity index (χ0v) is 17.5. The molecule has 9 nitrogen and oxygen atoms in total. The number of carbonyl (C=O) groups excluding carboxylic acids is 1. The Labute approximate surface area is 177 Å².